The van der Waals surface area contributed by atoms with Crippen molar-refractivity contribution in [3.63, 3.8) is 0 Å². The molecule has 0 saturated heterocycles. The van der Waals surface area contributed by atoms with E-state index >= 15 is 0 Å². The second-order valence-corrected chi connectivity index (χ2v) is 7.32. The lowest BCUT2D eigenvalue weighted by Gasteiger charge is -2.45. The van der Waals surface area contributed by atoms with Crippen LogP contribution in [0.4, 0.5) is 5.69 Å². The quantitative estimate of drug-likeness (QED) is 0.637. The largest absolute Gasteiger partial charge is 0.369 e. The Morgan fingerprint density at radius 1 is 1.04 bits per heavy atom. The number of imidazole rings is 1. The second-order valence-electron chi connectivity index (χ2n) is 7.32. The first-order valence-electron chi connectivity index (χ1n) is 9.56. The van der Waals surface area contributed by atoms with Crippen molar-refractivity contribution in [2.24, 2.45) is 21.5 Å². The zero-order chi connectivity index (χ0) is 19.1. The Morgan fingerprint density at radius 3 is 2.68 bits per heavy atom. The summed E-state index contributed by atoms with van der Waals surface area (Å²) in [4.78, 5) is 23.4. The fourth-order valence-corrected chi connectivity index (χ4v) is 4.26. The normalized spacial score (nSPS) is 18.9. The molecule has 2 aliphatic rings. The average molecular weight is 374 g/mol. The minimum atomic E-state index is -0.453. The molecule has 28 heavy (non-hydrogen) atoms. The van der Waals surface area contributed by atoms with E-state index in [4.69, 9.17) is 16.5 Å². The van der Waals surface area contributed by atoms with Gasteiger partial charge in [0.15, 0.2) is 5.82 Å². The Hall–Kier alpha value is -3.42. The number of guanidine groups is 2. The van der Waals surface area contributed by atoms with E-state index in [1.165, 1.54) is 6.42 Å². The van der Waals surface area contributed by atoms with E-state index in [-0.39, 0.29) is 5.96 Å². The fraction of sp³-hybridized carbons (Fsp3) is 0.300. The van der Waals surface area contributed by atoms with Gasteiger partial charge in [0.2, 0.25) is 11.9 Å². The van der Waals surface area contributed by atoms with Crippen molar-refractivity contribution in [1.29, 1.82) is 0 Å². The molecule has 142 valence electrons. The van der Waals surface area contributed by atoms with Gasteiger partial charge in [-0.15, -0.1) is 0 Å². The van der Waals surface area contributed by atoms with Crippen LogP contribution in [-0.2, 0) is 0 Å². The van der Waals surface area contributed by atoms with E-state index < -0.39 is 5.66 Å². The second kappa shape index (κ2) is 6.33. The molecule has 8 heteroatoms. The standard InChI is InChI=1S/C20H22N8/c21-18-26-19(22)28(20(27-18)9-3-1-4-10-20)13-7-8-14-16(12-13)25-17(24-14)15-6-2-5-11-23-15/h2,5-8,11-12H,1,3-4,9-10H2,(H,24,25)(H4,21,22,26,27). The van der Waals surface area contributed by atoms with Gasteiger partial charge in [-0.1, -0.05) is 12.5 Å². The van der Waals surface area contributed by atoms with Crippen LogP contribution in [0.25, 0.3) is 22.6 Å². The maximum Gasteiger partial charge on any atom is 0.220 e. The zero-order valence-corrected chi connectivity index (χ0v) is 15.5. The average Bonchev–Trinajstić information content (AvgIpc) is 3.12. The van der Waals surface area contributed by atoms with E-state index in [2.05, 4.69) is 19.9 Å². The highest BCUT2D eigenvalue weighted by Crippen LogP contribution is 2.40. The summed E-state index contributed by atoms with van der Waals surface area (Å²) in [5.74, 6) is 1.39. The van der Waals surface area contributed by atoms with Crippen molar-refractivity contribution < 1.29 is 0 Å². The molecule has 1 spiro atoms. The van der Waals surface area contributed by atoms with Crippen LogP contribution in [0.2, 0.25) is 0 Å². The zero-order valence-electron chi connectivity index (χ0n) is 15.5. The van der Waals surface area contributed by atoms with E-state index in [0.717, 1.165) is 53.9 Å². The summed E-state index contributed by atoms with van der Waals surface area (Å²) in [6.45, 7) is 0. The fourth-order valence-electron chi connectivity index (χ4n) is 4.26. The smallest absolute Gasteiger partial charge is 0.220 e. The van der Waals surface area contributed by atoms with E-state index in [1.54, 1.807) is 6.20 Å². The third-order valence-corrected chi connectivity index (χ3v) is 5.48. The number of hydrogen-bond acceptors (Lipinski definition) is 7. The Labute approximate surface area is 162 Å². The van der Waals surface area contributed by atoms with Crippen LogP contribution in [0.1, 0.15) is 32.1 Å². The number of pyridine rings is 1. The molecule has 3 heterocycles. The molecular weight excluding hydrogens is 352 g/mol. The van der Waals surface area contributed by atoms with Gasteiger partial charge in [0.1, 0.15) is 11.4 Å². The highest BCUT2D eigenvalue weighted by molar-refractivity contribution is 6.06. The SMILES string of the molecule is NC1=NC2(CCCCC2)N(c2ccc3nc(-c4ccccn4)[nH]c3c2)C(N)=N1. The van der Waals surface area contributed by atoms with Gasteiger partial charge < -0.3 is 16.5 Å². The summed E-state index contributed by atoms with van der Waals surface area (Å²) in [6.07, 6.45) is 6.96. The van der Waals surface area contributed by atoms with Gasteiger partial charge >= 0.3 is 0 Å². The van der Waals surface area contributed by atoms with Gasteiger partial charge in [-0.05, 0) is 56.0 Å². The third-order valence-electron chi connectivity index (χ3n) is 5.48. The number of rotatable bonds is 2. The monoisotopic (exact) mass is 374 g/mol. The molecule has 3 aromatic rings. The number of nitrogens with two attached hydrogens (primary N) is 2. The number of fused-ring (bicyclic) bond motifs is 1. The molecule has 0 radical (unpaired) electrons. The van der Waals surface area contributed by atoms with Gasteiger partial charge in [-0.3, -0.25) is 9.88 Å². The van der Waals surface area contributed by atoms with Crippen LogP contribution in [0.5, 0.6) is 0 Å². The van der Waals surface area contributed by atoms with E-state index in [9.17, 15) is 0 Å². The number of nitrogens with one attached hydrogen (secondary N) is 1. The molecule has 2 aromatic heterocycles. The molecule has 0 bridgehead atoms. The molecular formula is C20H22N8. The number of H-pyrrole nitrogens is 1. The summed E-state index contributed by atoms with van der Waals surface area (Å²) in [7, 11) is 0. The van der Waals surface area contributed by atoms with Gasteiger partial charge in [0, 0.05) is 11.9 Å². The lowest BCUT2D eigenvalue weighted by molar-refractivity contribution is 0.305. The molecule has 0 unspecified atom stereocenters. The maximum atomic E-state index is 6.33. The molecule has 8 nitrogen and oxygen atoms in total. The van der Waals surface area contributed by atoms with Crippen molar-refractivity contribution in [2.45, 2.75) is 37.8 Å². The van der Waals surface area contributed by atoms with Crippen LogP contribution < -0.4 is 16.4 Å². The molecule has 0 amide bonds. The molecule has 1 aliphatic carbocycles. The lowest BCUT2D eigenvalue weighted by atomic mass is 9.87. The summed E-state index contributed by atoms with van der Waals surface area (Å²) < 4.78 is 0. The van der Waals surface area contributed by atoms with Gasteiger partial charge in [-0.25, -0.2) is 9.98 Å². The number of hydrogen-bond donors (Lipinski definition) is 3. The van der Waals surface area contributed by atoms with Crippen LogP contribution in [0.3, 0.4) is 0 Å². The maximum absolute atomic E-state index is 6.33. The highest BCUT2D eigenvalue weighted by atomic mass is 15.4. The molecule has 1 saturated carbocycles. The van der Waals surface area contributed by atoms with Crippen molar-refractivity contribution in [3.8, 4) is 11.5 Å². The minimum Gasteiger partial charge on any atom is -0.369 e. The first-order chi connectivity index (χ1) is 13.6. The lowest BCUT2D eigenvalue weighted by Crippen LogP contribution is -2.58. The van der Waals surface area contributed by atoms with Crippen molar-refractivity contribution in [2.75, 3.05) is 4.90 Å². The first kappa shape index (κ1) is 16.7. The molecule has 5 rings (SSSR count). The van der Waals surface area contributed by atoms with Gasteiger partial charge in [0.25, 0.3) is 0 Å². The molecule has 1 aliphatic heterocycles. The Balaban J connectivity index is 1.59. The summed E-state index contributed by atoms with van der Waals surface area (Å²) in [5.41, 5.74) is 15.4. The number of nitrogens with zero attached hydrogens (tertiary/aromatic N) is 5. The number of aromatic amines is 1. The minimum absolute atomic E-state index is 0.260. The number of aliphatic imine (C=N–C) groups is 2. The number of anilines is 1. The van der Waals surface area contributed by atoms with Crippen LogP contribution in [-0.4, -0.2) is 32.5 Å². The van der Waals surface area contributed by atoms with Crippen LogP contribution in [0.15, 0.2) is 52.6 Å². The third kappa shape index (κ3) is 2.69. The summed E-state index contributed by atoms with van der Waals surface area (Å²) >= 11 is 0. The first-order valence-corrected chi connectivity index (χ1v) is 9.56. The molecule has 1 fully saturated rings. The van der Waals surface area contributed by atoms with Crippen molar-refractivity contribution in [1.82, 2.24) is 15.0 Å². The predicted octanol–water partition coefficient (Wildman–Crippen LogP) is 2.73. The van der Waals surface area contributed by atoms with E-state index in [1.807, 2.05) is 41.3 Å². The van der Waals surface area contributed by atoms with Crippen molar-refractivity contribution in [3.05, 3.63) is 42.6 Å². The van der Waals surface area contributed by atoms with E-state index in [0.29, 0.717) is 5.96 Å². The number of aromatic nitrogens is 3. The topological polar surface area (TPSA) is 122 Å². The Bertz CT molecular complexity index is 1080. The summed E-state index contributed by atoms with van der Waals surface area (Å²) in [6, 6.07) is 11.8. The Morgan fingerprint density at radius 2 is 1.89 bits per heavy atom. The van der Waals surface area contributed by atoms with Crippen LogP contribution >= 0.6 is 0 Å². The Kier molecular flexibility index (Phi) is 3.78. The molecule has 1 aromatic carbocycles. The van der Waals surface area contributed by atoms with Gasteiger partial charge in [-0.2, -0.15) is 4.99 Å². The van der Waals surface area contributed by atoms with Crippen LogP contribution in [0, 0.1) is 0 Å². The van der Waals surface area contributed by atoms with Crippen molar-refractivity contribution >= 4 is 28.6 Å². The highest BCUT2D eigenvalue weighted by Gasteiger charge is 2.42. The van der Waals surface area contributed by atoms with Gasteiger partial charge in [0.05, 0.1) is 11.0 Å². The predicted molar refractivity (Wildman–Crippen MR) is 111 cm³/mol. The molecule has 5 N–H and O–H groups in total. The summed E-state index contributed by atoms with van der Waals surface area (Å²) in [5, 5.41) is 0. The molecule has 0 atom stereocenters. The number of benzene rings is 1.